The Morgan fingerprint density at radius 3 is 2.29 bits per heavy atom. The minimum atomic E-state index is -0.175. The summed E-state index contributed by atoms with van der Waals surface area (Å²) in [5, 5.41) is 2.91. The highest BCUT2D eigenvalue weighted by Crippen LogP contribution is 2.41. The Balaban J connectivity index is 1.67. The highest BCUT2D eigenvalue weighted by atomic mass is 16.5. The highest BCUT2D eigenvalue weighted by molar-refractivity contribution is 6.05. The number of rotatable bonds is 6. The number of aromatic nitrogens is 1. The number of benzene rings is 3. The van der Waals surface area contributed by atoms with Crippen molar-refractivity contribution in [3.63, 3.8) is 0 Å². The Kier molecular flexibility index (Phi) is 5.49. The van der Waals surface area contributed by atoms with Crippen LogP contribution in [0.2, 0.25) is 0 Å². The number of methoxy groups -OCH3 is 3. The van der Waals surface area contributed by atoms with Gasteiger partial charge in [0.1, 0.15) is 5.52 Å². The van der Waals surface area contributed by atoms with E-state index in [9.17, 15) is 4.79 Å². The molecule has 0 saturated carbocycles. The lowest BCUT2D eigenvalue weighted by Gasteiger charge is -2.12. The van der Waals surface area contributed by atoms with Gasteiger partial charge >= 0.3 is 0 Å². The third kappa shape index (κ3) is 3.90. The third-order valence-electron chi connectivity index (χ3n) is 4.95. The maximum atomic E-state index is 12.6. The molecular formula is C24H22N2O5. The van der Waals surface area contributed by atoms with E-state index in [1.54, 1.807) is 57.7 Å². The Hall–Kier alpha value is -4.00. The van der Waals surface area contributed by atoms with Gasteiger partial charge in [0, 0.05) is 16.8 Å². The van der Waals surface area contributed by atoms with Gasteiger partial charge in [0.05, 0.1) is 21.3 Å². The molecule has 0 unspecified atom stereocenters. The molecule has 0 spiro atoms. The first kappa shape index (κ1) is 20.3. The van der Waals surface area contributed by atoms with Crippen LogP contribution in [0.5, 0.6) is 17.2 Å². The van der Waals surface area contributed by atoms with Crippen LogP contribution in [0, 0.1) is 6.92 Å². The highest BCUT2D eigenvalue weighted by Gasteiger charge is 2.18. The van der Waals surface area contributed by atoms with Gasteiger partial charge in [-0.1, -0.05) is 18.2 Å². The van der Waals surface area contributed by atoms with Gasteiger partial charge in [-0.2, -0.15) is 0 Å². The zero-order valence-electron chi connectivity index (χ0n) is 17.7. The number of fused-ring (bicyclic) bond motifs is 1. The minimum absolute atomic E-state index is 0.175. The lowest BCUT2D eigenvalue weighted by atomic mass is 10.1. The van der Waals surface area contributed by atoms with Crippen LogP contribution in [0.3, 0.4) is 0 Å². The molecule has 0 radical (unpaired) electrons. The predicted molar refractivity (Wildman–Crippen MR) is 118 cm³/mol. The second kappa shape index (κ2) is 8.39. The Morgan fingerprint density at radius 1 is 0.935 bits per heavy atom. The first-order valence-corrected chi connectivity index (χ1v) is 9.62. The molecule has 3 aromatic carbocycles. The number of anilines is 1. The average Bonchev–Trinajstić information content (AvgIpc) is 3.21. The second-order valence-corrected chi connectivity index (χ2v) is 6.88. The Bertz CT molecular complexity index is 1240. The van der Waals surface area contributed by atoms with E-state index in [4.69, 9.17) is 18.6 Å². The van der Waals surface area contributed by atoms with E-state index < -0.39 is 0 Å². The smallest absolute Gasteiger partial charge is 0.255 e. The van der Waals surface area contributed by atoms with E-state index in [-0.39, 0.29) is 5.91 Å². The zero-order valence-corrected chi connectivity index (χ0v) is 17.7. The standard InChI is InChI=1S/C24H22N2O5/c1-14-7-5-6-8-17(14)23(27)25-16-9-10-19-18(13-16)26-24(31-19)15-11-20(28-2)22(30-4)21(12-15)29-3/h5-13H,1-4H3,(H,25,27). The van der Waals surface area contributed by atoms with Crippen molar-refractivity contribution < 1.29 is 23.4 Å². The first-order valence-electron chi connectivity index (χ1n) is 9.62. The predicted octanol–water partition coefficient (Wildman–Crippen LogP) is 5.08. The summed E-state index contributed by atoms with van der Waals surface area (Å²) in [6, 6.07) is 16.3. The lowest BCUT2D eigenvalue weighted by Crippen LogP contribution is -2.13. The van der Waals surface area contributed by atoms with Crippen molar-refractivity contribution in [2.45, 2.75) is 6.92 Å². The van der Waals surface area contributed by atoms with Gasteiger partial charge in [0.15, 0.2) is 17.1 Å². The summed E-state index contributed by atoms with van der Waals surface area (Å²) in [6.45, 7) is 1.90. The van der Waals surface area contributed by atoms with Crippen LogP contribution < -0.4 is 19.5 Å². The Morgan fingerprint density at radius 2 is 1.65 bits per heavy atom. The monoisotopic (exact) mass is 418 g/mol. The summed E-state index contributed by atoms with van der Waals surface area (Å²) >= 11 is 0. The number of hydrogen-bond acceptors (Lipinski definition) is 6. The number of carbonyl (C=O) groups excluding carboxylic acids is 1. The topological polar surface area (TPSA) is 82.8 Å². The first-order chi connectivity index (χ1) is 15.0. The van der Waals surface area contributed by atoms with E-state index in [2.05, 4.69) is 10.3 Å². The summed E-state index contributed by atoms with van der Waals surface area (Å²) in [5.74, 6) is 1.73. The summed E-state index contributed by atoms with van der Waals surface area (Å²) in [5.41, 5.74) is 4.05. The number of nitrogens with one attached hydrogen (secondary N) is 1. The zero-order chi connectivity index (χ0) is 22.0. The van der Waals surface area contributed by atoms with Gasteiger partial charge in [0.2, 0.25) is 11.6 Å². The molecule has 4 rings (SSSR count). The van der Waals surface area contributed by atoms with Crippen LogP contribution >= 0.6 is 0 Å². The number of nitrogens with zero attached hydrogens (tertiary/aromatic N) is 1. The van der Waals surface area contributed by atoms with Crippen LogP contribution in [0.15, 0.2) is 59.0 Å². The molecule has 4 aromatic rings. The molecule has 0 bridgehead atoms. The number of ether oxygens (including phenoxy) is 3. The Labute approximate surface area is 179 Å². The van der Waals surface area contributed by atoms with E-state index >= 15 is 0 Å². The van der Waals surface area contributed by atoms with Crippen molar-refractivity contribution in [2.75, 3.05) is 26.6 Å². The fraction of sp³-hybridized carbons (Fsp3) is 0.167. The van der Waals surface area contributed by atoms with Crippen molar-refractivity contribution in [3.05, 3.63) is 65.7 Å². The normalized spacial score (nSPS) is 10.7. The fourth-order valence-electron chi connectivity index (χ4n) is 3.36. The minimum Gasteiger partial charge on any atom is -0.493 e. The van der Waals surface area contributed by atoms with E-state index in [1.807, 2.05) is 25.1 Å². The molecule has 0 fully saturated rings. The van der Waals surface area contributed by atoms with Crippen LogP contribution in [0.25, 0.3) is 22.6 Å². The van der Waals surface area contributed by atoms with Crippen LogP contribution in [-0.4, -0.2) is 32.2 Å². The van der Waals surface area contributed by atoms with Gasteiger partial charge in [-0.05, 0) is 48.9 Å². The maximum absolute atomic E-state index is 12.6. The second-order valence-electron chi connectivity index (χ2n) is 6.88. The molecule has 0 aliphatic carbocycles. The molecule has 0 aliphatic rings. The molecule has 158 valence electrons. The molecule has 31 heavy (non-hydrogen) atoms. The largest absolute Gasteiger partial charge is 0.493 e. The molecule has 0 atom stereocenters. The van der Waals surface area contributed by atoms with Gasteiger partial charge in [-0.3, -0.25) is 4.79 Å². The fourth-order valence-corrected chi connectivity index (χ4v) is 3.36. The third-order valence-corrected chi connectivity index (χ3v) is 4.95. The molecule has 1 heterocycles. The number of aryl methyl sites for hydroxylation is 1. The molecule has 7 heteroatoms. The molecule has 7 nitrogen and oxygen atoms in total. The van der Waals surface area contributed by atoms with Gasteiger partial charge in [0.25, 0.3) is 5.91 Å². The van der Waals surface area contributed by atoms with E-state index in [1.165, 1.54) is 0 Å². The van der Waals surface area contributed by atoms with Crippen molar-refractivity contribution in [2.24, 2.45) is 0 Å². The SMILES string of the molecule is COc1cc(-c2nc3cc(NC(=O)c4ccccc4C)ccc3o2)cc(OC)c1OC. The average molecular weight is 418 g/mol. The summed E-state index contributed by atoms with van der Waals surface area (Å²) in [4.78, 5) is 17.2. The summed E-state index contributed by atoms with van der Waals surface area (Å²) < 4.78 is 22.1. The van der Waals surface area contributed by atoms with Crippen molar-refractivity contribution >= 4 is 22.7 Å². The molecule has 1 N–H and O–H groups in total. The lowest BCUT2D eigenvalue weighted by molar-refractivity contribution is 0.102. The van der Waals surface area contributed by atoms with Crippen molar-refractivity contribution in [1.82, 2.24) is 4.98 Å². The van der Waals surface area contributed by atoms with Crippen molar-refractivity contribution in [3.8, 4) is 28.7 Å². The van der Waals surface area contributed by atoms with Gasteiger partial charge < -0.3 is 23.9 Å². The van der Waals surface area contributed by atoms with E-state index in [0.29, 0.717) is 51.1 Å². The number of carbonyl (C=O) groups is 1. The molecule has 1 amide bonds. The van der Waals surface area contributed by atoms with Crippen molar-refractivity contribution in [1.29, 1.82) is 0 Å². The molecular weight excluding hydrogens is 396 g/mol. The molecule has 0 aliphatic heterocycles. The van der Waals surface area contributed by atoms with Crippen LogP contribution in [0.1, 0.15) is 15.9 Å². The van der Waals surface area contributed by atoms with E-state index in [0.717, 1.165) is 5.56 Å². The maximum Gasteiger partial charge on any atom is 0.255 e. The summed E-state index contributed by atoms with van der Waals surface area (Å²) in [6.07, 6.45) is 0. The number of oxazole rings is 1. The number of hydrogen-bond donors (Lipinski definition) is 1. The molecule has 0 saturated heterocycles. The quantitative estimate of drug-likeness (QED) is 0.470. The molecule has 1 aromatic heterocycles. The number of amides is 1. The van der Waals surface area contributed by atoms with Gasteiger partial charge in [-0.25, -0.2) is 4.98 Å². The summed E-state index contributed by atoms with van der Waals surface area (Å²) in [7, 11) is 4.65. The van der Waals surface area contributed by atoms with Crippen LogP contribution in [0.4, 0.5) is 5.69 Å². The van der Waals surface area contributed by atoms with Gasteiger partial charge in [-0.15, -0.1) is 0 Å². The van der Waals surface area contributed by atoms with Crippen LogP contribution in [-0.2, 0) is 0 Å².